The Balaban J connectivity index is 1.54. The third kappa shape index (κ3) is 5.99. The zero-order valence-electron chi connectivity index (χ0n) is 18.7. The number of nitrogens with zero attached hydrogens (tertiary/aromatic N) is 4. The molecule has 35 heavy (non-hydrogen) atoms. The predicted octanol–water partition coefficient (Wildman–Crippen LogP) is 4.50. The number of esters is 1. The fraction of sp³-hybridized carbons (Fsp3) is 0.174. The molecule has 1 N–H and O–H groups in total. The summed E-state index contributed by atoms with van der Waals surface area (Å²) < 4.78 is 11.7. The molecule has 0 spiro atoms. The molecule has 2 heterocycles. The van der Waals surface area contributed by atoms with E-state index in [1.165, 1.54) is 30.2 Å². The Morgan fingerprint density at radius 1 is 1.11 bits per heavy atom. The number of anilines is 1. The Morgan fingerprint density at radius 3 is 2.60 bits per heavy atom. The fourth-order valence-corrected chi connectivity index (χ4v) is 4.79. The van der Waals surface area contributed by atoms with Gasteiger partial charge in [-0.1, -0.05) is 35.5 Å². The molecule has 0 saturated heterocycles. The highest BCUT2D eigenvalue weighted by Gasteiger charge is 2.19. The Morgan fingerprint density at radius 2 is 1.89 bits per heavy atom. The van der Waals surface area contributed by atoms with Crippen molar-refractivity contribution in [2.24, 2.45) is 0 Å². The maximum absolute atomic E-state index is 12.6. The summed E-state index contributed by atoms with van der Waals surface area (Å²) in [5, 5.41) is 14.6. The lowest BCUT2D eigenvalue weighted by Gasteiger charge is -2.12. The number of methoxy groups -OCH3 is 2. The van der Waals surface area contributed by atoms with Crippen molar-refractivity contribution in [1.82, 2.24) is 19.7 Å². The SMILES string of the molecule is COC(=O)Cc1csc(NC(=O)CSc2nnc(-c3ccccc3Cl)n2-c2ccc(OC)cc2)n1. The van der Waals surface area contributed by atoms with Crippen LogP contribution in [-0.4, -0.2) is 51.6 Å². The molecule has 0 saturated carbocycles. The highest BCUT2D eigenvalue weighted by Crippen LogP contribution is 2.32. The van der Waals surface area contributed by atoms with Gasteiger partial charge in [0, 0.05) is 16.6 Å². The van der Waals surface area contributed by atoms with Crippen LogP contribution in [0.4, 0.5) is 5.13 Å². The lowest BCUT2D eigenvalue weighted by molar-refractivity contribution is -0.139. The van der Waals surface area contributed by atoms with Crippen LogP contribution < -0.4 is 10.1 Å². The van der Waals surface area contributed by atoms with Crippen molar-refractivity contribution in [2.75, 3.05) is 25.3 Å². The number of thiazole rings is 1. The second kappa shape index (κ2) is 11.3. The van der Waals surface area contributed by atoms with Crippen LogP contribution in [0.15, 0.2) is 59.1 Å². The number of halogens is 1. The van der Waals surface area contributed by atoms with Crippen molar-refractivity contribution in [3.05, 3.63) is 64.6 Å². The summed E-state index contributed by atoms with van der Waals surface area (Å²) in [5.74, 6) is 0.678. The highest BCUT2D eigenvalue weighted by atomic mass is 35.5. The molecule has 0 unspecified atom stereocenters. The Bertz CT molecular complexity index is 1340. The molecule has 0 radical (unpaired) electrons. The molecule has 4 rings (SSSR count). The normalized spacial score (nSPS) is 10.7. The quantitative estimate of drug-likeness (QED) is 0.249. The molecule has 12 heteroatoms. The van der Waals surface area contributed by atoms with Gasteiger partial charge in [0.15, 0.2) is 16.1 Å². The second-order valence-electron chi connectivity index (χ2n) is 7.05. The van der Waals surface area contributed by atoms with E-state index in [0.29, 0.717) is 32.6 Å². The standard InChI is InChI=1S/C23H20ClN5O4S2/c1-32-16-9-7-15(8-10-16)29-21(17-5-3-4-6-18(17)24)27-28-23(29)35-13-19(30)26-22-25-14(12-34-22)11-20(31)33-2/h3-10,12H,11,13H2,1-2H3,(H,25,26,30). The van der Waals surface area contributed by atoms with Crippen molar-refractivity contribution < 1.29 is 19.1 Å². The number of carbonyl (C=O) groups excluding carboxylic acids is 2. The summed E-state index contributed by atoms with van der Waals surface area (Å²) in [7, 11) is 2.92. The first kappa shape index (κ1) is 24.7. The summed E-state index contributed by atoms with van der Waals surface area (Å²) in [6.45, 7) is 0. The number of hydrogen-bond acceptors (Lipinski definition) is 9. The van der Waals surface area contributed by atoms with Gasteiger partial charge in [-0.2, -0.15) is 0 Å². The minimum Gasteiger partial charge on any atom is -0.497 e. The number of ether oxygens (including phenoxy) is 2. The van der Waals surface area contributed by atoms with E-state index in [2.05, 4.69) is 25.2 Å². The number of rotatable bonds is 9. The molecule has 0 fully saturated rings. The number of carbonyl (C=O) groups is 2. The molecule has 0 bridgehead atoms. The molecule has 180 valence electrons. The van der Waals surface area contributed by atoms with E-state index in [-0.39, 0.29) is 18.1 Å². The van der Waals surface area contributed by atoms with Gasteiger partial charge < -0.3 is 14.8 Å². The predicted molar refractivity (Wildman–Crippen MR) is 136 cm³/mol. The van der Waals surface area contributed by atoms with E-state index in [9.17, 15) is 9.59 Å². The first-order chi connectivity index (χ1) is 17.0. The van der Waals surface area contributed by atoms with E-state index >= 15 is 0 Å². The zero-order valence-corrected chi connectivity index (χ0v) is 21.1. The van der Waals surface area contributed by atoms with Crippen LogP contribution in [-0.2, 0) is 20.7 Å². The third-order valence-electron chi connectivity index (χ3n) is 4.76. The number of aromatic nitrogens is 4. The fourth-order valence-electron chi connectivity index (χ4n) is 3.10. The van der Waals surface area contributed by atoms with Gasteiger partial charge in [0.25, 0.3) is 0 Å². The summed E-state index contributed by atoms with van der Waals surface area (Å²) in [4.78, 5) is 28.2. The average molecular weight is 530 g/mol. The van der Waals surface area contributed by atoms with Gasteiger partial charge in [-0.15, -0.1) is 21.5 Å². The zero-order chi connectivity index (χ0) is 24.8. The number of thioether (sulfide) groups is 1. The van der Waals surface area contributed by atoms with Crippen molar-refractivity contribution in [3.8, 4) is 22.8 Å². The molecule has 4 aromatic rings. The Labute approximate surface area is 214 Å². The van der Waals surface area contributed by atoms with Crippen LogP contribution in [0.2, 0.25) is 5.02 Å². The molecule has 0 aliphatic rings. The van der Waals surface area contributed by atoms with Gasteiger partial charge in [-0.3, -0.25) is 14.2 Å². The number of nitrogens with one attached hydrogen (secondary N) is 1. The van der Waals surface area contributed by atoms with Gasteiger partial charge in [0.1, 0.15) is 5.75 Å². The molecule has 2 aromatic carbocycles. The van der Waals surface area contributed by atoms with Crippen molar-refractivity contribution >= 4 is 51.7 Å². The Kier molecular flexibility index (Phi) is 8.01. The van der Waals surface area contributed by atoms with E-state index in [0.717, 1.165) is 11.3 Å². The highest BCUT2D eigenvalue weighted by molar-refractivity contribution is 7.99. The number of amides is 1. The summed E-state index contributed by atoms with van der Waals surface area (Å²) >= 11 is 8.89. The third-order valence-corrected chi connectivity index (χ3v) is 6.83. The second-order valence-corrected chi connectivity index (χ2v) is 9.26. The van der Waals surface area contributed by atoms with Gasteiger partial charge in [-0.25, -0.2) is 4.98 Å². The van der Waals surface area contributed by atoms with Gasteiger partial charge in [-0.05, 0) is 36.4 Å². The van der Waals surface area contributed by atoms with Crippen LogP contribution in [0.1, 0.15) is 5.69 Å². The molecular formula is C23H20ClN5O4S2. The largest absolute Gasteiger partial charge is 0.497 e. The molecule has 0 atom stereocenters. The molecule has 2 aromatic heterocycles. The lowest BCUT2D eigenvalue weighted by atomic mass is 10.2. The maximum Gasteiger partial charge on any atom is 0.311 e. The first-order valence-corrected chi connectivity index (χ1v) is 12.5. The van der Waals surface area contributed by atoms with Crippen molar-refractivity contribution in [3.63, 3.8) is 0 Å². The van der Waals surface area contributed by atoms with Crippen LogP contribution in [0, 0.1) is 0 Å². The minimum atomic E-state index is -0.393. The molecule has 0 aliphatic carbocycles. The van der Waals surface area contributed by atoms with Crippen LogP contribution in [0.25, 0.3) is 17.1 Å². The average Bonchev–Trinajstić information content (AvgIpc) is 3.49. The van der Waals surface area contributed by atoms with Crippen LogP contribution in [0.5, 0.6) is 5.75 Å². The summed E-state index contributed by atoms with van der Waals surface area (Å²) in [6.07, 6.45) is 0.0490. The number of benzene rings is 2. The minimum absolute atomic E-state index is 0.0490. The van der Waals surface area contributed by atoms with E-state index < -0.39 is 5.97 Å². The smallest absolute Gasteiger partial charge is 0.311 e. The lowest BCUT2D eigenvalue weighted by Crippen LogP contribution is -2.14. The summed E-state index contributed by atoms with van der Waals surface area (Å²) in [5.41, 5.74) is 2.05. The summed E-state index contributed by atoms with van der Waals surface area (Å²) in [6, 6.07) is 14.8. The van der Waals surface area contributed by atoms with E-state index in [1.54, 1.807) is 18.6 Å². The van der Waals surface area contributed by atoms with Crippen molar-refractivity contribution in [1.29, 1.82) is 0 Å². The molecule has 9 nitrogen and oxygen atoms in total. The van der Waals surface area contributed by atoms with Gasteiger partial charge in [0.2, 0.25) is 5.91 Å². The molecular weight excluding hydrogens is 510 g/mol. The van der Waals surface area contributed by atoms with Crippen LogP contribution in [0.3, 0.4) is 0 Å². The van der Waals surface area contributed by atoms with Crippen molar-refractivity contribution in [2.45, 2.75) is 11.6 Å². The van der Waals surface area contributed by atoms with Gasteiger partial charge in [0.05, 0.1) is 37.1 Å². The van der Waals surface area contributed by atoms with Gasteiger partial charge >= 0.3 is 5.97 Å². The monoisotopic (exact) mass is 529 g/mol. The number of hydrogen-bond donors (Lipinski definition) is 1. The first-order valence-electron chi connectivity index (χ1n) is 10.3. The molecule has 0 aliphatic heterocycles. The Hall–Kier alpha value is -3.41. The topological polar surface area (TPSA) is 108 Å². The maximum atomic E-state index is 12.6. The molecule has 1 amide bonds. The van der Waals surface area contributed by atoms with E-state index in [1.807, 2.05) is 47.0 Å². The van der Waals surface area contributed by atoms with E-state index in [4.69, 9.17) is 16.3 Å². The van der Waals surface area contributed by atoms with Crippen LogP contribution >= 0.6 is 34.7 Å².